The van der Waals surface area contributed by atoms with Crippen LogP contribution < -0.4 is 10.5 Å². The Balaban J connectivity index is 2.04. The smallest absolute Gasteiger partial charge is 0.144 e. The number of nitrogen functional groups attached to an aromatic ring is 1. The van der Waals surface area contributed by atoms with Crippen LogP contribution in [0.2, 0.25) is 0 Å². The average molecular weight is 318 g/mol. The van der Waals surface area contributed by atoms with Gasteiger partial charge in [-0.15, -0.1) is 0 Å². The van der Waals surface area contributed by atoms with Gasteiger partial charge in [-0.3, -0.25) is 4.98 Å². The summed E-state index contributed by atoms with van der Waals surface area (Å²) >= 11 is 3.33. The molecule has 4 nitrogen and oxygen atoms in total. The minimum atomic E-state index is 0.367. The molecule has 2 rings (SSSR count). The van der Waals surface area contributed by atoms with Crippen molar-refractivity contribution >= 4 is 21.6 Å². The van der Waals surface area contributed by atoms with Crippen LogP contribution in [0, 0.1) is 11.3 Å². The molecule has 96 valence electrons. The highest BCUT2D eigenvalue weighted by Crippen LogP contribution is 2.29. The second-order valence-corrected chi connectivity index (χ2v) is 4.81. The maximum Gasteiger partial charge on any atom is 0.144 e. The number of aromatic nitrogens is 1. The zero-order valence-electron chi connectivity index (χ0n) is 10.1. The van der Waals surface area contributed by atoms with Gasteiger partial charge >= 0.3 is 0 Å². The SMILES string of the molecule is N#Cc1cc(Br)cc(OCCc2ccccn2)c1N. The Morgan fingerprint density at radius 3 is 2.89 bits per heavy atom. The number of nitrogens with zero attached hydrogens (tertiary/aromatic N) is 2. The number of hydrogen-bond acceptors (Lipinski definition) is 4. The number of rotatable bonds is 4. The van der Waals surface area contributed by atoms with E-state index in [1.165, 1.54) is 0 Å². The van der Waals surface area contributed by atoms with Crippen LogP contribution in [0.1, 0.15) is 11.3 Å². The van der Waals surface area contributed by atoms with Gasteiger partial charge in [0.1, 0.15) is 11.8 Å². The van der Waals surface area contributed by atoms with Gasteiger partial charge in [0, 0.05) is 22.8 Å². The van der Waals surface area contributed by atoms with Gasteiger partial charge in [0.15, 0.2) is 0 Å². The topological polar surface area (TPSA) is 71.9 Å². The lowest BCUT2D eigenvalue weighted by molar-refractivity contribution is 0.322. The van der Waals surface area contributed by atoms with Gasteiger partial charge in [-0.05, 0) is 24.3 Å². The van der Waals surface area contributed by atoms with Crippen LogP contribution in [-0.2, 0) is 6.42 Å². The van der Waals surface area contributed by atoms with Gasteiger partial charge in [-0.1, -0.05) is 22.0 Å². The summed E-state index contributed by atoms with van der Waals surface area (Å²) in [5, 5.41) is 8.95. The van der Waals surface area contributed by atoms with Crippen molar-refractivity contribution in [1.82, 2.24) is 4.98 Å². The minimum absolute atomic E-state index is 0.367. The number of ether oxygens (including phenoxy) is 1. The summed E-state index contributed by atoms with van der Waals surface area (Å²) in [6, 6.07) is 11.2. The largest absolute Gasteiger partial charge is 0.491 e. The zero-order chi connectivity index (χ0) is 13.7. The van der Waals surface area contributed by atoms with E-state index in [1.54, 1.807) is 18.3 Å². The van der Waals surface area contributed by atoms with Gasteiger partial charge in [0.05, 0.1) is 17.9 Å². The van der Waals surface area contributed by atoms with Crippen molar-refractivity contribution in [3.05, 3.63) is 52.3 Å². The predicted octanol–water partition coefficient (Wildman–Crippen LogP) is 2.92. The third-order valence-electron chi connectivity index (χ3n) is 2.57. The Kier molecular flexibility index (Phi) is 4.37. The van der Waals surface area contributed by atoms with E-state index in [2.05, 4.69) is 20.9 Å². The molecule has 0 saturated heterocycles. The Labute approximate surface area is 120 Å². The Morgan fingerprint density at radius 2 is 2.21 bits per heavy atom. The van der Waals surface area contributed by atoms with Gasteiger partial charge in [-0.25, -0.2) is 0 Å². The van der Waals surface area contributed by atoms with E-state index in [4.69, 9.17) is 15.7 Å². The second kappa shape index (κ2) is 6.21. The Bertz CT molecular complexity index is 608. The maximum absolute atomic E-state index is 8.95. The van der Waals surface area contributed by atoms with E-state index in [-0.39, 0.29) is 0 Å². The lowest BCUT2D eigenvalue weighted by atomic mass is 10.2. The molecule has 2 N–H and O–H groups in total. The summed E-state index contributed by atoms with van der Waals surface area (Å²) in [5.41, 5.74) is 7.59. The van der Waals surface area contributed by atoms with E-state index in [9.17, 15) is 0 Å². The van der Waals surface area contributed by atoms with Gasteiger partial charge in [0.25, 0.3) is 0 Å². The molecule has 0 aliphatic carbocycles. The Hall–Kier alpha value is -2.06. The highest BCUT2D eigenvalue weighted by molar-refractivity contribution is 9.10. The number of benzene rings is 1. The van der Waals surface area contributed by atoms with Crippen LogP contribution in [-0.4, -0.2) is 11.6 Å². The highest BCUT2D eigenvalue weighted by Gasteiger charge is 2.08. The zero-order valence-corrected chi connectivity index (χ0v) is 11.7. The summed E-state index contributed by atoms with van der Waals surface area (Å²) in [6.45, 7) is 0.461. The van der Waals surface area contributed by atoms with Crippen molar-refractivity contribution in [2.75, 3.05) is 12.3 Å². The molecular weight excluding hydrogens is 306 g/mol. The molecular formula is C14H12BrN3O. The van der Waals surface area contributed by atoms with Crippen LogP contribution in [0.15, 0.2) is 41.0 Å². The molecule has 5 heteroatoms. The number of hydrogen-bond donors (Lipinski definition) is 1. The molecule has 0 bridgehead atoms. The molecule has 1 aromatic carbocycles. The van der Waals surface area contributed by atoms with Crippen molar-refractivity contribution in [3.63, 3.8) is 0 Å². The van der Waals surface area contributed by atoms with Crippen molar-refractivity contribution in [3.8, 4) is 11.8 Å². The van der Waals surface area contributed by atoms with Crippen molar-refractivity contribution < 1.29 is 4.74 Å². The fourth-order valence-electron chi connectivity index (χ4n) is 1.62. The monoisotopic (exact) mass is 317 g/mol. The van der Waals surface area contributed by atoms with Gasteiger partial charge < -0.3 is 10.5 Å². The number of halogens is 1. The minimum Gasteiger partial charge on any atom is -0.491 e. The number of nitriles is 1. The molecule has 0 aliphatic heterocycles. The van der Waals surface area contributed by atoms with Crippen LogP contribution in [0.5, 0.6) is 5.75 Å². The van der Waals surface area contributed by atoms with E-state index in [1.807, 2.05) is 24.3 Å². The summed E-state index contributed by atoms with van der Waals surface area (Å²) in [5.74, 6) is 0.516. The highest BCUT2D eigenvalue weighted by atomic mass is 79.9. The molecule has 0 saturated carbocycles. The fraction of sp³-hybridized carbons (Fsp3) is 0.143. The first-order chi connectivity index (χ1) is 9.20. The van der Waals surface area contributed by atoms with Crippen molar-refractivity contribution in [2.45, 2.75) is 6.42 Å². The second-order valence-electron chi connectivity index (χ2n) is 3.90. The van der Waals surface area contributed by atoms with E-state index in [0.29, 0.717) is 30.0 Å². The number of pyridine rings is 1. The molecule has 0 amide bonds. The lowest BCUT2D eigenvalue weighted by Gasteiger charge is -2.10. The third-order valence-corrected chi connectivity index (χ3v) is 3.03. The molecule has 0 fully saturated rings. The summed E-state index contributed by atoms with van der Waals surface area (Å²) in [4.78, 5) is 4.21. The molecule has 0 atom stereocenters. The summed E-state index contributed by atoms with van der Waals surface area (Å²) in [6.07, 6.45) is 2.44. The van der Waals surface area contributed by atoms with Crippen LogP contribution in [0.4, 0.5) is 5.69 Å². The maximum atomic E-state index is 8.95. The van der Waals surface area contributed by atoms with E-state index < -0.39 is 0 Å². The molecule has 0 aliphatic rings. The van der Waals surface area contributed by atoms with Crippen LogP contribution in [0.25, 0.3) is 0 Å². The third kappa shape index (κ3) is 3.46. The molecule has 1 aromatic heterocycles. The van der Waals surface area contributed by atoms with E-state index >= 15 is 0 Å². The summed E-state index contributed by atoms with van der Waals surface area (Å²) in [7, 11) is 0. The normalized spacial score (nSPS) is 9.89. The van der Waals surface area contributed by atoms with E-state index in [0.717, 1.165) is 10.2 Å². The molecule has 0 radical (unpaired) electrons. The number of nitrogens with two attached hydrogens (primary N) is 1. The number of anilines is 1. The van der Waals surface area contributed by atoms with Crippen LogP contribution >= 0.6 is 15.9 Å². The van der Waals surface area contributed by atoms with Crippen molar-refractivity contribution in [2.24, 2.45) is 0 Å². The quantitative estimate of drug-likeness (QED) is 0.880. The molecule has 19 heavy (non-hydrogen) atoms. The first-order valence-corrected chi connectivity index (χ1v) is 6.52. The van der Waals surface area contributed by atoms with Gasteiger partial charge in [0.2, 0.25) is 0 Å². The first kappa shape index (κ1) is 13.4. The molecule has 2 aromatic rings. The van der Waals surface area contributed by atoms with Crippen molar-refractivity contribution in [1.29, 1.82) is 5.26 Å². The summed E-state index contributed by atoms with van der Waals surface area (Å²) < 4.78 is 6.39. The van der Waals surface area contributed by atoms with Crippen LogP contribution in [0.3, 0.4) is 0 Å². The predicted molar refractivity (Wildman–Crippen MR) is 76.7 cm³/mol. The average Bonchev–Trinajstić information content (AvgIpc) is 2.43. The standard InChI is InChI=1S/C14H12BrN3O/c15-11-7-10(9-16)14(17)13(8-11)19-6-4-12-3-1-2-5-18-12/h1-3,5,7-8H,4,6,17H2. The first-order valence-electron chi connectivity index (χ1n) is 5.72. The fourth-order valence-corrected chi connectivity index (χ4v) is 2.05. The Morgan fingerprint density at radius 1 is 1.37 bits per heavy atom. The molecule has 0 spiro atoms. The lowest BCUT2D eigenvalue weighted by Crippen LogP contribution is -2.05. The molecule has 0 unspecified atom stereocenters. The van der Waals surface area contributed by atoms with Gasteiger partial charge in [-0.2, -0.15) is 5.26 Å². The molecule has 1 heterocycles.